The summed E-state index contributed by atoms with van der Waals surface area (Å²) in [7, 11) is 3.34. The second-order valence-electron chi connectivity index (χ2n) is 8.16. The Morgan fingerprint density at radius 1 is 1.17 bits per heavy atom. The first-order valence-electron chi connectivity index (χ1n) is 11.0. The Kier molecular flexibility index (Phi) is 6.81. The Bertz CT molecular complexity index is 815. The number of aromatic nitrogens is 4. The van der Waals surface area contributed by atoms with Crippen LogP contribution in [0.15, 0.2) is 18.2 Å². The standard InChI is InChI=1S/C21H32N6O3/c1-4-25-9-11-26(12-10-25)20(16-7-8-18(28-2)19(14-16)29-3)21-22-23-24-27(21)15-17-6-5-13-30-17/h7-8,14,17,20H,4-6,9-13,15H2,1-3H3/p+2/t17-,20+/m0/s1. The summed E-state index contributed by atoms with van der Waals surface area (Å²) in [5, 5.41) is 12.9. The molecule has 0 radical (unpaired) electrons. The average Bonchev–Trinajstić information content (AvgIpc) is 3.47. The predicted octanol–water partition coefficient (Wildman–Crippen LogP) is -1.24. The lowest BCUT2D eigenvalue weighted by molar-refractivity contribution is -1.02. The lowest BCUT2D eigenvalue weighted by Crippen LogP contribution is -3.28. The molecular formula is C21H34N6O3+2. The van der Waals surface area contributed by atoms with Gasteiger partial charge < -0.3 is 24.0 Å². The zero-order chi connectivity index (χ0) is 20.9. The van der Waals surface area contributed by atoms with E-state index in [-0.39, 0.29) is 12.1 Å². The van der Waals surface area contributed by atoms with Crippen molar-refractivity contribution in [1.82, 2.24) is 20.2 Å². The number of methoxy groups -OCH3 is 2. The van der Waals surface area contributed by atoms with Crippen molar-refractivity contribution in [1.29, 1.82) is 0 Å². The van der Waals surface area contributed by atoms with Crippen LogP contribution in [0, 0.1) is 0 Å². The van der Waals surface area contributed by atoms with Gasteiger partial charge in [0.25, 0.3) is 0 Å². The minimum Gasteiger partial charge on any atom is -0.493 e. The SMILES string of the molecule is CC[NH+]1CC[NH+]([C@H](c2ccc(OC)c(OC)c2)c2nnnn2C[C@@H]2CCCO2)CC1. The first-order valence-corrected chi connectivity index (χ1v) is 11.0. The van der Waals surface area contributed by atoms with Gasteiger partial charge in [-0.1, -0.05) is 0 Å². The van der Waals surface area contributed by atoms with E-state index in [2.05, 4.69) is 34.6 Å². The molecule has 4 rings (SSSR count). The second kappa shape index (κ2) is 9.72. The number of benzene rings is 1. The smallest absolute Gasteiger partial charge is 0.214 e. The summed E-state index contributed by atoms with van der Waals surface area (Å²) in [6.07, 6.45) is 2.36. The number of tetrazole rings is 1. The van der Waals surface area contributed by atoms with Gasteiger partial charge in [0.1, 0.15) is 26.2 Å². The number of piperazine rings is 1. The largest absolute Gasteiger partial charge is 0.493 e. The average molecular weight is 419 g/mol. The van der Waals surface area contributed by atoms with Crippen LogP contribution in [-0.2, 0) is 11.3 Å². The highest BCUT2D eigenvalue weighted by Gasteiger charge is 2.36. The van der Waals surface area contributed by atoms with E-state index in [0.29, 0.717) is 6.54 Å². The molecule has 2 aromatic rings. The Morgan fingerprint density at radius 2 is 1.97 bits per heavy atom. The van der Waals surface area contributed by atoms with Gasteiger partial charge in [-0.25, -0.2) is 4.68 Å². The van der Waals surface area contributed by atoms with Crippen molar-refractivity contribution < 1.29 is 24.0 Å². The summed E-state index contributed by atoms with van der Waals surface area (Å²) < 4.78 is 18.8. The van der Waals surface area contributed by atoms with E-state index in [1.807, 2.05) is 10.7 Å². The molecule has 2 N–H and O–H groups in total. The van der Waals surface area contributed by atoms with Crippen molar-refractivity contribution in [3.63, 3.8) is 0 Å². The monoisotopic (exact) mass is 418 g/mol. The predicted molar refractivity (Wildman–Crippen MR) is 110 cm³/mol. The molecule has 9 nitrogen and oxygen atoms in total. The maximum absolute atomic E-state index is 5.84. The summed E-state index contributed by atoms with van der Waals surface area (Å²) in [5.74, 6) is 2.36. The van der Waals surface area contributed by atoms with Crippen molar-refractivity contribution in [2.45, 2.75) is 38.5 Å². The van der Waals surface area contributed by atoms with Crippen molar-refractivity contribution in [2.24, 2.45) is 0 Å². The van der Waals surface area contributed by atoms with Crippen LogP contribution in [-0.4, -0.2) is 79.9 Å². The first kappa shape index (κ1) is 21.0. The summed E-state index contributed by atoms with van der Waals surface area (Å²) in [4.78, 5) is 3.14. The van der Waals surface area contributed by atoms with Gasteiger partial charge in [0, 0.05) is 12.2 Å². The van der Waals surface area contributed by atoms with E-state index in [1.165, 1.54) is 11.4 Å². The molecule has 2 saturated heterocycles. The molecule has 0 aliphatic carbocycles. The van der Waals surface area contributed by atoms with E-state index < -0.39 is 0 Å². The molecule has 164 valence electrons. The number of likely N-dealkylation sites (N-methyl/N-ethyl adjacent to an activating group) is 1. The fraction of sp³-hybridized carbons (Fsp3) is 0.667. The number of hydrogen-bond donors (Lipinski definition) is 2. The molecule has 2 aliphatic rings. The van der Waals surface area contributed by atoms with E-state index in [0.717, 1.165) is 68.5 Å². The number of nitrogens with one attached hydrogen (secondary N) is 2. The van der Waals surface area contributed by atoms with Gasteiger partial charge in [0.05, 0.1) is 33.4 Å². The van der Waals surface area contributed by atoms with Crippen LogP contribution in [0.1, 0.15) is 37.2 Å². The third kappa shape index (κ3) is 4.43. The topological polar surface area (TPSA) is 80.2 Å². The van der Waals surface area contributed by atoms with Gasteiger partial charge in [-0.05, 0) is 48.4 Å². The molecule has 0 amide bonds. The van der Waals surface area contributed by atoms with Crippen LogP contribution in [0.3, 0.4) is 0 Å². The number of ether oxygens (including phenoxy) is 3. The Labute approximate surface area is 177 Å². The van der Waals surface area contributed by atoms with Crippen LogP contribution in [0.4, 0.5) is 0 Å². The lowest BCUT2D eigenvalue weighted by atomic mass is 10.0. The fourth-order valence-electron chi connectivity index (χ4n) is 4.70. The van der Waals surface area contributed by atoms with Gasteiger partial charge in [0.2, 0.25) is 5.82 Å². The van der Waals surface area contributed by atoms with Crippen LogP contribution < -0.4 is 19.3 Å². The zero-order valence-corrected chi connectivity index (χ0v) is 18.3. The normalized spacial score (nSPS) is 25.2. The number of nitrogens with zero attached hydrogens (tertiary/aromatic N) is 4. The van der Waals surface area contributed by atoms with Crippen LogP contribution in [0.5, 0.6) is 11.5 Å². The molecule has 2 atom stereocenters. The van der Waals surface area contributed by atoms with Crippen molar-refractivity contribution in [3.05, 3.63) is 29.6 Å². The summed E-state index contributed by atoms with van der Waals surface area (Å²) in [6.45, 7) is 9.43. The van der Waals surface area contributed by atoms with Gasteiger partial charge >= 0.3 is 0 Å². The highest BCUT2D eigenvalue weighted by Crippen LogP contribution is 2.31. The van der Waals surface area contributed by atoms with Gasteiger partial charge in [-0.2, -0.15) is 0 Å². The molecule has 2 fully saturated rings. The molecule has 0 spiro atoms. The molecule has 9 heteroatoms. The Balaban J connectivity index is 1.67. The van der Waals surface area contributed by atoms with Crippen molar-refractivity contribution in [2.75, 3.05) is 53.6 Å². The van der Waals surface area contributed by atoms with Gasteiger partial charge in [-0.3, -0.25) is 0 Å². The number of rotatable bonds is 8. The summed E-state index contributed by atoms with van der Waals surface area (Å²) in [5.41, 5.74) is 1.14. The van der Waals surface area contributed by atoms with E-state index in [9.17, 15) is 0 Å². The van der Waals surface area contributed by atoms with Crippen LogP contribution in [0.25, 0.3) is 0 Å². The maximum Gasteiger partial charge on any atom is 0.214 e. The fourth-order valence-corrected chi connectivity index (χ4v) is 4.70. The molecule has 0 bridgehead atoms. The lowest BCUT2D eigenvalue weighted by Gasteiger charge is -2.34. The molecular weight excluding hydrogens is 384 g/mol. The van der Waals surface area contributed by atoms with E-state index in [4.69, 9.17) is 14.2 Å². The molecule has 0 unspecified atom stereocenters. The molecule has 30 heavy (non-hydrogen) atoms. The highest BCUT2D eigenvalue weighted by molar-refractivity contribution is 5.44. The third-order valence-electron chi connectivity index (χ3n) is 6.47. The summed E-state index contributed by atoms with van der Waals surface area (Å²) in [6, 6.07) is 6.20. The van der Waals surface area contributed by atoms with E-state index in [1.54, 1.807) is 19.1 Å². The minimum atomic E-state index is 0.0413. The molecule has 1 aromatic carbocycles. The van der Waals surface area contributed by atoms with Crippen molar-refractivity contribution in [3.8, 4) is 11.5 Å². The van der Waals surface area contributed by atoms with Crippen LogP contribution >= 0.6 is 0 Å². The zero-order valence-electron chi connectivity index (χ0n) is 18.3. The van der Waals surface area contributed by atoms with E-state index >= 15 is 0 Å². The van der Waals surface area contributed by atoms with Crippen molar-refractivity contribution >= 4 is 0 Å². The second-order valence-corrected chi connectivity index (χ2v) is 8.16. The van der Waals surface area contributed by atoms with Gasteiger partial charge in [-0.15, -0.1) is 5.10 Å². The molecule has 2 aliphatic heterocycles. The van der Waals surface area contributed by atoms with Gasteiger partial charge in [0.15, 0.2) is 17.5 Å². The Hall–Kier alpha value is -2.23. The number of quaternary nitrogens is 2. The number of hydrogen-bond acceptors (Lipinski definition) is 6. The minimum absolute atomic E-state index is 0.0413. The molecule has 0 saturated carbocycles. The Morgan fingerprint density at radius 3 is 2.63 bits per heavy atom. The maximum atomic E-state index is 5.84. The highest BCUT2D eigenvalue weighted by atomic mass is 16.5. The molecule has 1 aromatic heterocycles. The third-order valence-corrected chi connectivity index (χ3v) is 6.47. The first-order chi connectivity index (χ1) is 14.7. The van der Waals surface area contributed by atoms with Crippen LogP contribution in [0.2, 0.25) is 0 Å². The quantitative estimate of drug-likeness (QED) is 0.559. The summed E-state index contributed by atoms with van der Waals surface area (Å²) >= 11 is 0. The molecule has 3 heterocycles.